The SMILES string of the molecule is CCNC(c1ccc(Cl)c(Cl)c1)c1cc(C)ccc1OC. The summed E-state index contributed by atoms with van der Waals surface area (Å²) in [5.41, 5.74) is 3.35. The number of nitrogens with one attached hydrogen (secondary N) is 1. The minimum Gasteiger partial charge on any atom is -0.496 e. The molecule has 0 spiro atoms. The number of aryl methyl sites for hydroxylation is 1. The van der Waals surface area contributed by atoms with Crippen molar-refractivity contribution >= 4 is 23.2 Å². The van der Waals surface area contributed by atoms with Gasteiger partial charge in [-0.3, -0.25) is 0 Å². The van der Waals surface area contributed by atoms with E-state index in [2.05, 4.69) is 25.2 Å². The monoisotopic (exact) mass is 323 g/mol. The maximum absolute atomic E-state index is 6.16. The number of hydrogen-bond donors (Lipinski definition) is 1. The van der Waals surface area contributed by atoms with E-state index in [1.807, 2.05) is 30.3 Å². The summed E-state index contributed by atoms with van der Waals surface area (Å²) in [5.74, 6) is 0.859. The third kappa shape index (κ3) is 3.70. The van der Waals surface area contributed by atoms with Crippen molar-refractivity contribution in [1.29, 1.82) is 0 Å². The van der Waals surface area contributed by atoms with Gasteiger partial charge in [0.15, 0.2) is 0 Å². The second kappa shape index (κ2) is 7.17. The zero-order valence-electron chi connectivity index (χ0n) is 12.4. The van der Waals surface area contributed by atoms with Crippen molar-refractivity contribution in [1.82, 2.24) is 5.32 Å². The molecule has 0 radical (unpaired) electrons. The predicted molar refractivity (Wildman–Crippen MR) is 89.7 cm³/mol. The molecule has 0 aromatic heterocycles. The summed E-state index contributed by atoms with van der Waals surface area (Å²) >= 11 is 12.2. The highest BCUT2D eigenvalue weighted by Gasteiger charge is 2.18. The fraction of sp³-hybridized carbons (Fsp3) is 0.294. The first-order valence-electron chi connectivity index (χ1n) is 6.89. The van der Waals surface area contributed by atoms with E-state index in [4.69, 9.17) is 27.9 Å². The van der Waals surface area contributed by atoms with Gasteiger partial charge in [0.25, 0.3) is 0 Å². The predicted octanol–water partition coefficient (Wildman–Crippen LogP) is 5.01. The van der Waals surface area contributed by atoms with Crippen molar-refractivity contribution in [2.24, 2.45) is 0 Å². The van der Waals surface area contributed by atoms with Crippen LogP contribution in [0.4, 0.5) is 0 Å². The van der Waals surface area contributed by atoms with Crippen LogP contribution in [0.3, 0.4) is 0 Å². The van der Waals surface area contributed by atoms with Crippen LogP contribution in [-0.4, -0.2) is 13.7 Å². The quantitative estimate of drug-likeness (QED) is 0.835. The molecule has 0 aliphatic carbocycles. The Morgan fingerprint density at radius 1 is 1.10 bits per heavy atom. The Hall–Kier alpha value is -1.22. The Kier molecular flexibility index (Phi) is 5.51. The number of methoxy groups -OCH3 is 1. The van der Waals surface area contributed by atoms with E-state index in [1.165, 1.54) is 5.56 Å². The lowest BCUT2D eigenvalue weighted by Crippen LogP contribution is -2.22. The Morgan fingerprint density at radius 2 is 1.86 bits per heavy atom. The molecule has 2 aromatic carbocycles. The number of halogens is 2. The molecule has 1 atom stereocenters. The van der Waals surface area contributed by atoms with Crippen LogP contribution in [0.1, 0.15) is 29.7 Å². The standard InChI is InChI=1S/C17H19Cl2NO/c1-4-20-17(12-6-7-14(18)15(19)10-12)13-9-11(2)5-8-16(13)21-3/h5-10,17,20H,4H2,1-3H3. The smallest absolute Gasteiger partial charge is 0.123 e. The normalized spacial score (nSPS) is 12.2. The molecule has 0 amide bonds. The van der Waals surface area contributed by atoms with Crippen molar-refractivity contribution in [3.8, 4) is 5.75 Å². The summed E-state index contributed by atoms with van der Waals surface area (Å²) in [6.45, 7) is 4.98. The second-order valence-corrected chi connectivity index (χ2v) is 5.72. The van der Waals surface area contributed by atoms with Crippen LogP contribution in [0.5, 0.6) is 5.75 Å². The molecule has 0 saturated heterocycles. The molecule has 112 valence electrons. The summed E-state index contributed by atoms with van der Waals surface area (Å²) < 4.78 is 5.50. The summed E-state index contributed by atoms with van der Waals surface area (Å²) in [6.07, 6.45) is 0. The maximum Gasteiger partial charge on any atom is 0.123 e. The summed E-state index contributed by atoms with van der Waals surface area (Å²) in [7, 11) is 1.69. The van der Waals surface area contributed by atoms with Crippen molar-refractivity contribution < 1.29 is 4.74 Å². The second-order valence-electron chi connectivity index (χ2n) is 4.91. The lowest BCUT2D eigenvalue weighted by Gasteiger charge is -2.22. The number of rotatable bonds is 5. The minimum absolute atomic E-state index is 0.0135. The molecule has 0 bridgehead atoms. The lowest BCUT2D eigenvalue weighted by molar-refractivity contribution is 0.404. The molecule has 0 fully saturated rings. The lowest BCUT2D eigenvalue weighted by atomic mass is 9.96. The Balaban J connectivity index is 2.52. The number of benzene rings is 2. The molecule has 21 heavy (non-hydrogen) atoms. The van der Waals surface area contributed by atoms with Crippen molar-refractivity contribution in [2.75, 3.05) is 13.7 Å². The molecule has 1 unspecified atom stereocenters. The van der Waals surface area contributed by atoms with Crippen molar-refractivity contribution in [3.63, 3.8) is 0 Å². The van der Waals surface area contributed by atoms with Crippen LogP contribution in [0.25, 0.3) is 0 Å². The van der Waals surface area contributed by atoms with Gasteiger partial charge in [0.1, 0.15) is 5.75 Å². The van der Waals surface area contributed by atoms with Gasteiger partial charge in [0, 0.05) is 5.56 Å². The molecule has 0 aliphatic rings. The minimum atomic E-state index is 0.0135. The topological polar surface area (TPSA) is 21.3 Å². The van der Waals surface area contributed by atoms with Gasteiger partial charge in [0.2, 0.25) is 0 Å². The molecule has 1 N–H and O–H groups in total. The zero-order valence-corrected chi connectivity index (χ0v) is 13.9. The Bertz CT molecular complexity index is 628. The average molecular weight is 324 g/mol. The first-order chi connectivity index (χ1) is 10.1. The fourth-order valence-electron chi connectivity index (χ4n) is 2.38. The first-order valence-corrected chi connectivity index (χ1v) is 7.65. The molecular formula is C17H19Cl2NO. The number of hydrogen-bond acceptors (Lipinski definition) is 2. The summed E-state index contributed by atoms with van der Waals surface area (Å²) in [5, 5.41) is 4.60. The summed E-state index contributed by atoms with van der Waals surface area (Å²) in [6, 6.07) is 11.9. The third-order valence-corrected chi connectivity index (χ3v) is 4.12. The van der Waals surface area contributed by atoms with Gasteiger partial charge in [-0.05, 0) is 37.2 Å². The van der Waals surface area contributed by atoms with Gasteiger partial charge in [-0.25, -0.2) is 0 Å². The molecule has 0 aliphatic heterocycles. The zero-order chi connectivity index (χ0) is 15.4. The van der Waals surface area contributed by atoms with E-state index in [-0.39, 0.29) is 6.04 Å². The van der Waals surface area contributed by atoms with Crippen LogP contribution < -0.4 is 10.1 Å². The van der Waals surface area contributed by atoms with Gasteiger partial charge in [-0.15, -0.1) is 0 Å². The molecule has 0 heterocycles. The van der Waals surface area contributed by atoms with Gasteiger partial charge in [-0.2, -0.15) is 0 Å². The van der Waals surface area contributed by atoms with Gasteiger partial charge < -0.3 is 10.1 Å². The molecule has 2 nitrogen and oxygen atoms in total. The van der Waals surface area contributed by atoms with Crippen LogP contribution in [-0.2, 0) is 0 Å². The largest absolute Gasteiger partial charge is 0.496 e. The average Bonchev–Trinajstić information content (AvgIpc) is 2.48. The van der Waals surface area contributed by atoms with Crippen molar-refractivity contribution in [2.45, 2.75) is 19.9 Å². The molecule has 2 aromatic rings. The fourth-order valence-corrected chi connectivity index (χ4v) is 2.69. The van der Waals surface area contributed by atoms with E-state index in [0.717, 1.165) is 23.4 Å². The highest BCUT2D eigenvalue weighted by molar-refractivity contribution is 6.42. The van der Waals surface area contributed by atoms with Gasteiger partial charge >= 0.3 is 0 Å². The van der Waals surface area contributed by atoms with E-state index < -0.39 is 0 Å². The highest BCUT2D eigenvalue weighted by Crippen LogP contribution is 2.33. The van der Waals surface area contributed by atoms with Crippen LogP contribution in [0.2, 0.25) is 10.0 Å². The third-order valence-electron chi connectivity index (χ3n) is 3.38. The van der Waals surface area contributed by atoms with Crippen LogP contribution in [0.15, 0.2) is 36.4 Å². The van der Waals surface area contributed by atoms with Gasteiger partial charge in [0.05, 0.1) is 23.2 Å². The van der Waals surface area contributed by atoms with E-state index in [1.54, 1.807) is 7.11 Å². The highest BCUT2D eigenvalue weighted by atomic mass is 35.5. The van der Waals surface area contributed by atoms with E-state index in [9.17, 15) is 0 Å². The van der Waals surface area contributed by atoms with E-state index >= 15 is 0 Å². The molecule has 0 saturated carbocycles. The Labute approximate surface area is 136 Å². The molecule has 4 heteroatoms. The van der Waals surface area contributed by atoms with E-state index in [0.29, 0.717) is 10.0 Å². The Morgan fingerprint density at radius 3 is 2.48 bits per heavy atom. The summed E-state index contributed by atoms with van der Waals surface area (Å²) in [4.78, 5) is 0. The number of ether oxygens (including phenoxy) is 1. The first kappa shape index (κ1) is 16.2. The van der Waals surface area contributed by atoms with Crippen LogP contribution in [0, 0.1) is 6.92 Å². The van der Waals surface area contributed by atoms with Crippen LogP contribution >= 0.6 is 23.2 Å². The van der Waals surface area contributed by atoms with Crippen molar-refractivity contribution in [3.05, 3.63) is 63.1 Å². The molecule has 2 rings (SSSR count). The van der Waals surface area contributed by atoms with Gasteiger partial charge in [-0.1, -0.05) is 53.9 Å². The molecular weight excluding hydrogens is 305 g/mol. The maximum atomic E-state index is 6.16.